The normalized spacial score (nSPS) is 26.2. The number of ketones is 1. The lowest BCUT2D eigenvalue weighted by Gasteiger charge is -2.32. The monoisotopic (exact) mass is 292 g/mol. The van der Waals surface area contributed by atoms with Gasteiger partial charge in [0.2, 0.25) is 0 Å². The number of fused-ring (bicyclic) bond motifs is 1. The van der Waals surface area contributed by atoms with Gasteiger partial charge in [-0.2, -0.15) is 0 Å². The van der Waals surface area contributed by atoms with Crippen molar-refractivity contribution in [2.45, 2.75) is 44.7 Å². The molecule has 108 valence electrons. The minimum atomic E-state index is -0.0278. The van der Waals surface area contributed by atoms with E-state index in [0.717, 1.165) is 13.0 Å². The molecule has 0 spiro atoms. The predicted molar refractivity (Wildman–Crippen MR) is 79.4 cm³/mol. The Labute approximate surface area is 123 Å². The number of Topliss-reactive ketones (excluding diaryl/α,β-unsaturated/α-hetero) is 1. The Morgan fingerprint density at radius 3 is 2.75 bits per heavy atom. The first-order chi connectivity index (χ1) is 9.65. The number of hydrogen-bond donors (Lipinski definition) is 1. The number of carbonyl (C=O) groups excluding carboxylic acids is 2. The summed E-state index contributed by atoms with van der Waals surface area (Å²) < 4.78 is 0. The van der Waals surface area contributed by atoms with Gasteiger partial charge in [0.15, 0.2) is 5.78 Å². The summed E-state index contributed by atoms with van der Waals surface area (Å²) in [7, 11) is 0. The van der Waals surface area contributed by atoms with Crippen LogP contribution < -0.4 is 5.32 Å². The molecule has 1 N–H and O–H groups in total. The second-order valence-corrected chi connectivity index (χ2v) is 6.77. The van der Waals surface area contributed by atoms with Gasteiger partial charge in [0.1, 0.15) is 0 Å². The van der Waals surface area contributed by atoms with Crippen molar-refractivity contribution in [3.8, 4) is 0 Å². The lowest BCUT2D eigenvalue weighted by atomic mass is 9.99. The molecule has 5 heteroatoms. The largest absolute Gasteiger partial charge is 0.347 e. The first kappa shape index (κ1) is 13.8. The Kier molecular flexibility index (Phi) is 3.89. The highest BCUT2D eigenvalue weighted by atomic mass is 32.1. The van der Waals surface area contributed by atoms with Crippen molar-refractivity contribution in [3.63, 3.8) is 0 Å². The summed E-state index contributed by atoms with van der Waals surface area (Å²) in [6.07, 6.45) is 4.78. The average Bonchev–Trinajstić information content (AvgIpc) is 3.06. The zero-order valence-corrected chi connectivity index (χ0v) is 12.5. The van der Waals surface area contributed by atoms with Gasteiger partial charge in [0.25, 0.3) is 5.91 Å². The van der Waals surface area contributed by atoms with E-state index in [9.17, 15) is 9.59 Å². The average molecular weight is 292 g/mol. The highest BCUT2D eigenvalue weighted by Crippen LogP contribution is 2.27. The Hall–Kier alpha value is -1.20. The fraction of sp³-hybridized carbons (Fsp3) is 0.600. The molecule has 3 rings (SSSR count). The van der Waals surface area contributed by atoms with Crippen molar-refractivity contribution in [2.24, 2.45) is 0 Å². The van der Waals surface area contributed by atoms with Gasteiger partial charge in [0, 0.05) is 18.6 Å². The number of nitrogens with zero attached hydrogens (tertiary/aromatic N) is 1. The smallest absolute Gasteiger partial charge is 0.261 e. The van der Waals surface area contributed by atoms with Gasteiger partial charge < -0.3 is 5.32 Å². The fourth-order valence-corrected chi connectivity index (χ4v) is 4.11. The molecule has 2 fully saturated rings. The second-order valence-electron chi connectivity index (χ2n) is 5.69. The zero-order valence-electron chi connectivity index (χ0n) is 11.7. The summed E-state index contributed by atoms with van der Waals surface area (Å²) in [6, 6.07) is 4.28. The van der Waals surface area contributed by atoms with Gasteiger partial charge in [-0.1, -0.05) is 6.42 Å². The Morgan fingerprint density at radius 2 is 2.00 bits per heavy atom. The summed E-state index contributed by atoms with van der Waals surface area (Å²) >= 11 is 1.29. The van der Waals surface area contributed by atoms with E-state index >= 15 is 0 Å². The van der Waals surface area contributed by atoms with Crippen molar-refractivity contribution >= 4 is 23.0 Å². The molecule has 3 heterocycles. The molecule has 1 amide bonds. The van der Waals surface area contributed by atoms with Crippen molar-refractivity contribution < 1.29 is 9.59 Å². The number of hydrogen-bond acceptors (Lipinski definition) is 4. The van der Waals surface area contributed by atoms with Gasteiger partial charge in [-0.15, -0.1) is 11.3 Å². The molecule has 0 aliphatic carbocycles. The van der Waals surface area contributed by atoms with Crippen molar-refractivity contribution in [1.29, 1.82) is 0 Å². The minimum absolute atomic E-state index is 0.0216. The number of nitrogens with one attached hydrogen (secondary N) is 1. The van der Waals surface area contributed by atoms with Crippen LogP contribution in [-0.2, 0) is 0 Å². The highest BCUT2D eigenvalue weighted by molar-refractivity contribution is 7.15. The summed E-state index contributed by atoms with van der Waals surface area (Å²) in [5.74, 6) is -0.00621. The molecule has 2 atom stereocenters. The van der Waals surface area contributed by atoms with E-state index < -0.39 is 0 Å². The molecule has 1 aromatic rings. The van der Waals surface area contributed by atoms with Crippen molar-refractivity contribution in [2.75, 3.05) is 13.1 Å². The minimum Gasteiger partial charge on any atom is -0.347 e. The molecule has 4 nitrogen and oxygen atoms in total. The third-order valence-electron chi connectivity index (χ3n) is 4.35. The van der Waals surface area contributed by atoms with E-state index in [0.29, 0.717) is 15.8 Å². The van der Waals surface area contributed by atoms with Crippen LogP contribution in [0.25, 0.3) is 0 Å². The van der Waals surface area contributed by atoms with Crippen molar-refractivity contribution in [1.82, 2.24) is 10.2 Å². The van der Waals surface area contributed by atoms with E-state index in [2.05, 4.69) is 10.2 Å². The van der Waals surface area contributed by atoms with Gasteiger partial charge in [-0.25, -0.2) is 0 Å². The lowest BCUT2D eigenvalue weighted by Crippen LogP contribution is -2.46. The molecular formula is C15H20N2O2S. The van der Waals surface area contributed by atoms with Crippen LogP contribution in [-0.4, -0.2) is 41.8 Å². The Balaban J connectivity index is 1.65. The van der Waals surface area contributed by atoms with E-state index in [4.69, 9.17) is 0 Å². The third-order valence-corrected chi connectivity index (χ3v) is 5.53. The molecule has 1 aromatic heterocycles. The third kappa shape index (κ3) is 2.65. The molecule has 2 aliphatic rings. The number of rotatable bonds is 3. The zero-order chi connectivity index (χ0) is 14.1. The van der Waals surface area contributed by atoms with E-state index in [1.807, 2.05) is 0 Å². The molecule has 20 heavy (non-hydrogen) atoms. The maximum absolute atomic E-state index is 12.3. The van der Waals surface area contributed by atoms with Crippen LogP contribution in [0.2, 0.25) is 0 Å². The van der Waals surface area contributed by atoms with Crippen molar-refractivity contribution in [3.05, 3.63) is 21.9 Å². The summed E-state index contributed by atoms with van der Waals surface area (Å²) in [6.45, 7) is 3.80. The molecule has 0 saturated carbocycles. The first-order valence-electron chi connectivity index (χ1n) is 7.31. The summed E-state index contributed by atoms with van der Waals surface area (Å²) in [5, 5.41) is 3.17. The molecule has 0 bridgehead atoms. The van der Waals surface area contributed by atoms with Crippen LogP contribution >= 0.6 is 11.3 Å². The number of amides is 1. The summed E-state index contributed by atoms with van der Waals surface area (Å²) in [5.41, 5.74) is 0. The van der Waals surface area contributed by atoms with Crippen LogP contribution in [0.3, 0.4) is 0 Å². The lowest BCUT2D eigenvalue weighted by molar-refractivity contribution is 0.0919. The Bertz CT molecular complexity index is 526. The summed E-state index contributed by atoms with van der Waals surface area (Å²) in [4.78, 5) is 27.4. The number of piperidine rings is 1. The maximum atomic E-state index is 12.3. The predicted octanol–water partition coefficient (Wildman–Crippen LogP) is 2.31. The molecule has 0 unspecified atom stereocenters. The van der Waals surface area contributed by atoms with Gasteiger partial charge in [-0.05, 0) is 44.9 Å². The SMILES string of the molecule is CC(=O)c1ccc(C(=O)N[C@H]2CCN3CCCC[C@@H]23)s1. The van der Waals surface area contributed by atoms with Crippen LogP contribution in [0.15, 0.2) is 12.1 Å². The molecule has 0 radical (unpaired) electrons. The van der Waals surface area contributed by atoms with E-state index in [1.54, 1.807) is 12.1 Å². The topological polar surface area (TPSA) is 49.4 Å². The molecular weight excluding hydrogens is 272 g/mol. The first-order valence-corrected chi connectivity index (χ1v) is 8.12. The maximum Gasteiger partial charge on any atom is 0.261 e. The fourth-order valence-electron chi connectivity index (χ4n) is 3.30. The van der Waals surface area contributed by atoms with Gasteiger partial charge >= 0.3 is 0 Å². The van der Waals surface area contributed by atoms with Gasteiger partial charge in [0.05, 0.1) is 9.75 Å². The number of thiophene rings is 1. The van der Waals surface area contributed by atoms with Crippen LogP contribution in [0, 0.1) is 0 Å². The number of carbonyl (C=O) groups is 2. The van der Waals surface area contributed by atoms with Crippen LogP contribution in [0.5, 0.6) is 0 Å². The van der Waals surface area contributed by atoms with E-state index in [-0.39, 0.29) is 17.7 Å². The van der Waals surface area contributed by atoms with Crippen LogP contribution in [0.1, 0.15) is 52.0 Å². The molecule has 2 saturated heterocycles. The molecule has 2 aliphatic heterocycles. The van der Waals surface area contributed by atoms with Crippen LogP contribution in [0.4, 0.5) is 0 Å². The highest BCUT2D eigenvalue weighted by Gasteiger charge is 2.36. The van der Waals surface area contributed by atoms with E-state index in [1.165, 1.54) is 44.1 Å². The molecule has 0 aromatic carbocycles. The quantitative estimate of drug-likeness (QED) is 0.870. The van der Waals surface area contributed by atoms with Gasteiger partial charge in [-0.3, -0.25) is 14.5 Å². The second kappa shape index (κ2) is 5.66. The Morgan fingerprint density at radius 1 is 1.20 bits per heavy atom. The standard InChI is InChI=1S/C15H20N2O2S/c1-10(18)13-5-6-14(20-13)15(19)16-11-7-9-17-8-3-2-4-12(11)17/h5-6,11-12H,2-4,7-9H2,1H3,(H,16,19)/t11-,12-/m0/s1.